The second-order valence-electron chi connectivity index (χ2n) is 2.69. The van der Waals surface area contributed by atoms with Crippen molar-refractivity contribution in [2.45, 2.75) is 6.92 Å². The van der Waals surface area contributed by atoms with E-state index < -0.39 is 0 Å². The van der Waals surface area contributed by atoms with E-state index in [0.717, 1.165) is 16.6 Å². The Kier molecular flexibility index (Phi) is 1.69. The van der Waals surface area contributed by atoms with E-state index in [-0.39, 0.29) is 0 Å². The molecule has 0 unspecified atom stereocenters. The Morgan fingerprint density at radius 3 is 3.08 bits per heavy atom. The van der Waals surface area contributed by atoms with Crippen LogP contribution in [0.3, 0.4) is 0 Å². The van der Waals surface area contributed by atoms with Crippen molar-refractivity contribution in [1.82, 2.24) is 4.98 Å². The Balaban J connectivity index is 2.65. The Morgan fingerprint density at radius 2 is 2.23 bits per heavy atom. The topological polar surface area (TPSA) is 12.9 Å². The minimum atomic E-state index is 0.508. The summed E-state index contributed by atoms with van der Waals surface area (Å²) in [5, 5.41) is 0.985. The SMILES string of the molecule is [2H]c1ccc2nc(C#CC)ccc2c1. The molecule has 0 saturated heterocycles. The zero-order valence-electron chi connectivity index (χ0n) is 8.33. The Bertz CT molecular complexity index is 535. The van der Waals surface area contributed by atoms with Crippen LogP contribution < -0.4 is 0 Å². The van der Waals surface area contributed by atoms with Gasteiger partial charge in [0.2, 0.25) is 0 Å². The standard InChI is InChI=1S/C12H9N/c1-2-5-11-9-8-10-6-3-4-7-12(10)13-11/h3-4,6-9H,1H3/i3D. The normalized spacial score (nSPS) is 10.4. The van der Waals surface area contributed by atoms with E-state index in [1.807, 2.05) is 18.2 Å². The van der Waals surface area contributed by atoms with Gasteiger partial charge in [-0.1, -0.05) is 30.2 Å². The number of aromatic nitrogens is 1. The van der Waals surface area contributed by atoms with E-state index in [4.69, 9.17) is 1.37 Å². The molecule has 0 atom stereocenters. The molecule has 62 valence electrons. The molecule has 0 aliphatic rings. The van der Waals surface area contributed by atoms with Crippen LogP contribution in [0, 0.1) is 11.8 Å². The zero-order chi connectivity index (χ0) is 9.97. The quantitative estimate of drug-likeness (QED) is 0.551. The van der Waals surface area contributed by atoms with Gasteiger partial charge in [-0.3, -0.25) is 0 Å². The van der Waals surface area contributed by atoms with Gasteiger partial charge < -0.3 is 0 Å². The first-order valence-electron chi connectivity index (χ1n) is 4.60. The van der Waals surface area contributed by atoms with E-state index in [1.54, 1.807) is 19.1 Å². The van der Waals surface area contributed by atoms with Crippen molar-refractivity contribution in [3.05, 3.63) is 42.1 Å². The maximum absolute atomic E-state index is 7.46. The predicted octanol–water partition coefficient (Wildman–Crippen LogP) is 2.61. The van der Waals surface area contributed by atoms with Crippen molar-refractivity contribution >= 4 is 10.9 Å². The number of hydrogen-bond donors (Lipinski definition) is 0. The summed E-state index contributed by atoms with van der Waals surface area (Å²) in [6.45, 7) is 1.79. The molecule has 0 amide bonds. The van der Waals surface area contributed by atoms with Crippen molar-refractivity contribution in [3.63, 3.8) is 0 Å². The molecular weight excluding hydrogens is 158 g/mol. The van der Waals surface area contributed by atoms with Gasteiger partial charge in [-0.25, -0.2) is 4.98 Å². The molecule has 1 nitrogen and oxygen atoms in total. The van der Waals surface area contributed by atoms with E-state index in [2.05, 4.69) is 16.8 Å². The van der Waals surface area contributed by atoms with Crippen LogP contribution in [0.2, 0.25) is 0 Å². The number of hydrogen-bond acceptors (Lipinski definition) is 1. The van der Waals surface area contributed by atoms with Crippen LogP contribution in [-0.2, 0) is 0 Å². The fourth-order valence-electron chi connectivity index (χ4n) is 1.20. The molecule has 1 aromatic heterocycles. The molecular formula is C12H9N. The molecule has 0 saturated carbocycles. The molecule has 13 heavy (non-hydrogen) atoms. The average Bonchev–Trinajstić information content (AvgIpc) is 2.19. The van der Waals surface area contributed by atoms with Crippen molar-refractivity contribution in [2.24, 2.45) is 0 Å². The highest BCUT2D eigenvalue weighted by Gasteiger charge is 1.93. The van der Waals surface area contributed by atoms with Gasteiger partial charge in [0.15, 0.2) is 0 Å². The number of para-hydroxylation sites is 1. The maximum Gasteiger partial charge on any atom is 0.113 e. The summed E-state index contributed by atoms with van der Waals surface area (Å²) in [6, 6.07) is 9.70. The molecule has 0 radical (unpaired) electrons. The van der Waals surface area contributed by atoms with Gasteiger partial charge in [-0.2, -0.15) is 0 Å². The van der Waals surface area contributed by atoms with Gasteiger partial charge in [-0.05, 0) is 25.0 Å². The summed E-state index contributed by atoms with van der Waals surface area (Å²) in [6.07, 6.45) is 0. The number of rotatable bonds is 0. The first kappa shape index (κ1) is 6.68. The Labute approximate surface area is 78.8 Å². The summed E-state index contributed by atoms with van der Waals surface area (Å²) in [7, 11) is 0. The molecule has 0 aliphatic carbocycles. The summed E-state index contributed by atoms with van der Waals surface area (Å²) in [5.74, 6) is 5.72. The predicted molar refractivity (Wildman–Crippen MR) is 54.3 cm³/mol. The van der Waals surface area contributed by atoms with Crippen LogP contribution >= 0.6 is 0 Å². The van der Waals surface area contributed by atoms with Crippen LogP contribution in [0.4, 0.5) is 0 Å². The van der Waals surface area contributed by atoms with Gasteiger partial charge in [0, 0.05) is 5.39 Å². The molecule has 0 fully saturated rings. The average molecular weight is 168 g/mol. The smallest absolute Gasteiger partial charge is 0.113 e. The molecule has 1 heteroatoms. The van der Waals surface area contributed by atoms with Gasteiger partial charge in [0.05, 0.1) is 6.89 Å². The second-order valence-corrected chi connectivity index (χ2v) is 2.69. The van der Waals surface area contributed by atoms with E-state index in [9.17, 15) is 0 Å². The van der Waals surface area contributed by atoms with Crippen LogP contribution in [0.1, 0.15) is 14.0 Å². The highest BCUT2D eigenvalue weighted by molar-refractivity contribution is 5.78. The first-order valence-corrected chi connectivity index (χ1v) is 4.10. The van der Waals surface area contributed by atoms with Gasteiger partial charge >= 0.3 is 0 Å². The Hall–Kier alpha value is -1.81. The van der Waals surface area contributed by atoms with E-state index in [1.165, 1.54) is 0 Å². The third kappa shape index (κ3) is 1.52. The highest BCUT2D eigenvalue weighted by atomic mass is 14.7. The molecule has 0 spiro atoms. The largest absolute Gasteiger partial charge is 0.239 e. The summed E-state index contributed by atoms with van der Waals surface area (Å²) in [5.41, 5.74) is 1.67. The van der Waals surface area contributed by atoms with Gasteiger partial charge in [0.25, 0.3) is 0 Å². The Morgan fingerprint density at radius 1 is 1.31 bits per heavy atom. The lowest BCUT2D eigenvalue weighted by atomic mass is 10.2. The minimum absolute atomic E-state index is 0.508. The van der Waals surface area contributed by atoms with Crippen molar-refractivity contribution < 1.29 is 1.37 Å². The van der Waals surface area contributed by atoms with Crippen LogP contribution in [0.25, 0.3) is 10.9 Å². The lowest BCUT2D eigenvalue weighted by molar-refractivity contribution is 1.36. The second kappa shape index (κ2) is 3.28. The zero-order valence-corrected chi connectivity index (χ0v) is 7.33. The number of benzene rings is 1. The highest BCUT2D eigenvalue weighted by Crippen LogP contribution is 2.10. The van der Waals surface area contributed by atoms with Crippen molar-refractivity contribution in [3.8, 4) is 11.8 Å². The molecule has 1 aromatic carbocycles. The molecule has 1 heterocycles. The van der Waals surface area contributed by atoms with Crippen molar-refractivity contribution in [2.75, 3.05) is 0 Å². The molecule has 0 N–H and O–H groups in total. The van der Waals surface area contributed by atoms with Crippen LogP contribution in [0.15, 0.2) is 36.4 Å². The summed E-state index contributed by atoms with van der Waals surface area (Å²) in [4.78, 5) is 4.35. The van der Waals surface area contributed by atoms with Gasteiger partial charge in [0.1, 0.15) is 5.69 Å². The third-order valence-electron chi connectivity index (χ3n) is 1.79. The van der Waals surface area contributed by atoms with Crippen molar-refractivity contribution in [1.29, 1.82) is 0 Å². The number of fused-ring (bicyclic) bond motifs is 1. The fraction of sp³-hybridized carbons (Fsp3) is 0.0833. The van der Waals surface area contributed by atoms with Crippen LogP contribution in [-0.4, -0.2) is 4.98 Å². The molecule has 2 aromatic rings. The summed E-state index contributed by atoms with van der Waals surface area (Å²) < 4.78 is 7.46. The maximum atomic E-state index is 7.46. The third-order valence-corrected chi connectivity index (χ3v) is 1.79. The van der Waals surface area contributed by atoms with Gasteiger partial charge in [-0.15, -0.1) is 0 Å². The lowest BCUT2D eigenvalue weighted by Gasteiger charge is -1.95. The van der Waals surface area contributed by atoms with E-state index in [0.29, 0.717) is 6.04 Å². The first-order chi connectivity index (χ1) is 6.79. The molecule has 0 bridgehead atoms. The molecule has 2 rings (SSSR count). The van der Waals surface area contributed by atoms with E-state index >= 15 is 0 Å². The number of nitrogens with zero attached hydrogens (tertiary/aromatic N) is 1. The summed E-state index contributed by atoms with van der Waals surface area (Å²) >= 11 is 0. The van der Waals surface area contributed by atoms with Crippen LogP contribution in [0.5, 0.6) is 0 Å². The number of pyridine rings is 1. The lowest BCUT2D eigenvalue weighted by Crippen LogP contribution is -1.82. The molecule has 0 aliphatic heterocycles. The minimum Gasteiger partial charge on any atom is -0.239 e. The fourth-order valence-corrected chi connectivity index (χ4v) is 1.20. The monoisotopic (exact) mass is 168 g/mol.